The van der Waals surface area contributed by atoms with Crippen LogP contribution in [-0.2, 0) is 11.3 Å². The fourth-order valence-electron chi connectivity index (χ4n) is 3.43. The zero-order chi connectivity index (χ0) is 16.9. The number of nitrogens with one attached hydrogen (secondary N) is 1. The highest BCUT2D eigenvalue weighted by Crippen LogP contribution is 2.23. The van der Waals surface area contributed by atoms with Gasteiger partial charge in [-0.1, -0.05) is 44.4 Å². The SMILES string of the molecule is CC[C@@H](Cn1ncc2ccccc2c1=O)NC(=O)C1CCCCC1. The summed E-state index contributed by atoms with van der Waals surface area (Å²) in [6, 6.07) is 7.39. The molecule has 0 bridgehead atoms. The van der Waals surface area contributed by atoms with Crippen LogP contribution >= 0.6 is 0 Å². The van der Waals surface area contributed by atoms with Gasteiger partial charge in [-0.25, -0.2) is 4.68 Å². The molecule has 1 aromatic carbocycles. The average molecular weight is 327 g/mol. The Morgan fingerprint density at radius 3 is 2.79 bits per heavy atom. The van der Waals surface area contributed by atoms with Crippen LogP contribution in [0.5, 0.6) is 0 Å². The van der Waals surface area contributed by atoms with Crippen LogP contribution < -0.4 is 10.9 Å². The van der Waals surface area contributed by atoms with Crippen molar-refractivity contribution in [2.24, 2.45) is 5.92 Å². The Balaban J connectivity index is 1.72. The summed E-state index contributed by atoms with van der Waals surface area (Å²) in [7, 11) is 0. The van der Waals surface area contributed by atoms with E-state index in [4.69, 9.17) is 0 Å². The molecule has 0 unspecified atom stereocenters. The number of aromatic nitrogens is 2. The molecule has 0 radical (unpaired) electrons. The van der Waals surface area contributed by atoms with Crippen LogP contribution in [0.2, 0.25) is 0 Å². The molecule has 2 aromatic rings. The van der Waals surface area contributed by atoms with Gasteiger partial charge < -0.3 is 5.32 Å². The van der Waals surface area contributed by atoms with Gasteiger partial charge in [0.25, 0.3) is 5.56 Å². The maximum atomic E-state index is 12.6. The molecule has 5 heteroatoms. The minimum absolute atomic E-state index is 0.0641. The number of carbonyl (C=O) groups is 1. The number of nitrogens with zero attached hydrogens (tertiary/aromatic N) is 2. The van der Waals surface area contributed by atoms with Crippen LogP contribution in [0.25, 0.3) is 10.8 Å². The number of hydrogen-bond acceptors (Lipinski definition) is 3. The smallest absolute Gasteiger partial charge is 0.274 e. The molecule has 1 saturated carbocycles. The van der Waals surface area contributed by atoms with E-state index in [1.165, 1.54) is 11.1 Å². The first-order chi connectivity index (χ1) is 11.7. The molecule has 1 heterocycles. The van der Waals surface area contributed by atoms with Gasteiger partial charge in [0.1, 0.15) is 0 Å². The Bertz CT molecular complexity index is 763. The monoisotopic (exact) mass is 327 g/mol. The van der Waals surface area contributed by atoms with Gasteiger partial charge in [0, 0.05) is 17.3 Å². The Labute approximate surface area is 142 Å². The molecular weight excluding hydrogens is 302 g/mol. The molecule has 1 aromatic heterocycles. The summed E-state index contributed by atoms with van der Waals surface area (Å²) in [4.78, 5) is 25.0. The van der Waals surface area contributed by atoms with Crippen molar-refractivity contribution in [2.45, 2.75) is 58.0 Å². The molecule has 24 heavy (non-hydrogen) atoms. The van der Waals surface area contributed by atoms with Gasteiger partial charge in [-0.3, -0.25) is 9.59 Å². The predicted octanol–water partition coefficient (Wildman–Crippen LogP) is 2.87. The minimum atomic E-state index is -0.0986. The predicted molar refractivity (Wildman–Crippen MR) is 94.8 cm³/mol. The number of hydrogen-bond donors (Lipinski definition) is 1. The normalized spacial score (nSPS) is 16.9. The van der Waals surface area contributed by atoms with Crippen LogP contribution in [-0.4, -0.2) is 21.7 Å². The van der Waals surface area contributed by atoms with Gasteiger partial charge in [-0.2, -0.15) is 5.10 Å². The molecule has 1 N–H and O–H groups in total. The highest BCUT2D eigenvalue weighted by Gasteiger charge is 2.23. The molecule has 128 valence electrons. The van der Waals surface area contributed by atoms with E-state index in [1.807, 2.05) is 31.2 Å². The zero-order valence-electron chi connectivity index (χ0n) is 14.2. The standard InChI is InChI=1S/C19H25N3O2/c1-2-16(21-18(23)14-8-4-3-5-9-14)13-22-19(24)17-11-7-6-10-15(17)12-20-22/h6-7,10-12,14,16H,2-5,8-9,13H2,1H3,(H,21,23)/t16-/m0/s1. The van der Waals surface area contributed by atoms with Crippen LogP contribution in [0.15, 0.2) is 35.3 Å². The summed E-state index contributed by atoms with van der Waals surface area (Å²) in [5, 5.41) is 8.90. The number of benzene rings is 1. The largest absolute Gasteiger partial charge is 0.351 e. The van der Waals surface area contributed by atoms with Crippen molar-refractivity contribution < 1.29 is 4.79 Å². The van der Waals surface area contributed by atoms with Gasteiger partial charge >= 0.3 is 0 Å². The Morgan fingerprint density at radius 2 is 2.04 bits per heavy atom. The summed E-state index contributed by atoms with van der Waals surface area (Å²) < 4.78 is 1.47. The lowest BCUT2D eigenvalue weighted by atomic mass is 9.88. The number of amides is 1. The van der Waals surface area contributed by atoms with Gasteiger partial charge in [0.2, 0.25) is 5.91 Å². The molecule has 5 nitrogen and oxygen atoms in total. The van der Waals surface area contributed by atoms with Crippen molar-refractivity contribution in [1.82, 2.24) is 15.1 Å². The molecule has 1 amide bonds. The first-order valence-electron chi connectivity index (χ1n) is 8.94. The molecule has 1 atom stereocenters. The van der Waals surface area contributed by atoms with Crippen LogP contribution in [0, 0.1) is 5.92 Å². The second kappa shape index (κ2) is 7.60. The van der Waals surface area contributed by atoms with Crippen molar-refractivity contribution >= 4 is 16.7 Å². The number of rotatable bonds is 5. The lowest BCUT2D eigenvalue weighted by Gasteiger charge is -2.24. The summed E-state index contributed by atoms with van der Waals surface area (Å²) in [5.41, 5.74) is -0.0986. The number of fused-ring (bicyclic) bond motifs is 1. The van der Waals surface area contributed by atoms with Crippen molar-refractivity contribution in [1.29, 1.82) is 0 Å². The zero-order valence-corrected chi connectivity index (χ0v) is 14.2. The lowest BCUT2D eigenvalue weighted by molar-refractivity contribution is -0.126. The maximum absolute atomic E-state index is 12.6. The third-order valence-electron chi connectivity index (χ3n) is 4.97. The summed E-state index contributed by atoms with van der Waals surface area (Å²) >= 11 is 0. The van der Waals surface area contributed by atoms with Crippen LogP contribution in [0.4, 0.5) is 0 Å². The summed E-state index contributed by atoms with van der Waals surface area (Å²) in [5.74, 6) is 0.268. The third-order valence-corrected chi connectivity index (χ3v) is 4.97. The van der Waals surface area contributed by atoms with Gasteiger partial charge in [0.05, 0.1) is 18.1 Å². The van der Waals surface area contributed by atoms with E-state index in [-0.39, 0.29) is 23.4 Å². The Kier molecular flexibility index (Phi) is 5.28. The molecule has 1 aliphatic rings. The van der Waals surface area contributed by atoms with E-state index in [9.17, 15) is 9.59 Å². The fraction of sp³-hybridized carbons (Fsp3) is 0.526. The molecule has 0 saturated heterocycles. The Hall–Kier alpha value is -2.17. The minimum Gasteiger partial charge on any atom is -0.351 e. The van der Waals surface area contributed by atoms with Crippen molar-refractivity contribution in [3.8, 4) is 0 Å². The average Bonchev–Trinajstić information content (AvgIpc) is 2.64. The van der Waals surface area contributed by atoms with E-state index in [0.717, 1.165) is 37.5 Å². The highest BCUT2D eigenvalue weighted by atomic mass is 16.2. The van der Waals surface area contributed by atoms with E-state index >= 15 is 0 Å². The number of carbonyl (C=O) groups excluding carboxylic acids is 1. The first kappa shape index (κ1) is 16.7. The molecule has 0 spiro atoms. The second-order valence-corrected chi connectivity index (χ2v) is 6.67. The van der Waals surface area contributed by atoms with Crippen molar-refractivity contribution in [3.05, 3.63) is 40.8 Å². The van der Waals surface area contributed by atoms with E-state index in [0.29, 0.717) is 11.9 Å². The van der Waals surface area contributed by atoms with Gasteiger partial charge in [0.15, 0.2) is 0 Å². The highest BCUT2D eigenvalue weighted by molar-refractivity contribution is 5.80. The van der Waals surface area contributed by atoms with Crippen LogP contribution in [0.3, 0.4) is 0 Å². The van der Waals surface area contributed by atoms with Crippen LogP contribution in [0.1, 0.15) is 45.4 Å². The van der Waals surface area contributed by atoms with Gasteiger partial charge in [-0.15, -0.1) is 0 Å². The third kappa shape index (κ3) is 3.66. The van der Waals surface area contributed by atoms with Gasteiger partial charge in [-0.05, 0) is 25.3 Å². The van der Waals surface area contributed by atoms with Crippen molar-refractivity contribution in [2.75, 3.05) is 0 Å². The molecule has 0 aliphatic heterocycles. The molecule has 3 rings (SSSR count). The fourth-order valence-corrected chi connectivity index (χ4v) is 3.43. The summed E-state index contributed by atoms with van der Waals surface area (Å²) in [6.45, 7) is 2.44. The Morgan fingerprint density at radius 1 is 1.29 bits per heavy atom. The molecule has 1 fully saturated rings. The first-order valence-corrected chi connectivity index (χ1v) is 8.94. The maximum Gasteiger partial charge on any atom is 0.274 e. The lowest BCUT2D eigenvalue weighted by Crippen LogP contribution is -2.43. The topological polar surface area (TPSA) is 64.0 Å². The molecule has 1 aliphatic carbocycles. The van der Waals surface area contributed by atoms with E-state index in [2.05, 4.69) is 10.4 Å². The van der Waals surface area contributed by atoms with Crippen molar-refractivity contribution in [3.63, 3.8) is 0 Å². The molecular formula is C19H25N3O2. The quantitative estimate of drug-likeness (QED) is 0.918. The second-order valence-electron chi connectivity index (χ2n) is 6.67. The van der Waals surface area contributed by atoms with E-state index in [1.54, 1.807) is 6.20 Å². The van der Waals surface area contributed by atoms with E-state index < -0.39 is 0 Å². The summed E-state index contributed by atoms with van der Waals surface area (Å²) in [6.07, 6.45) is 7.97.